The van der Waals surface area contributed by atoms with Crippen LogP contribution in [0.2, 0.25) is 10.0 Å². The lowest BCUT2D eigenvalue weighted by Gasteiger charge is -2.14. The molecule has 2 rings (SSSR count). The van der Waals surface area contributed by atoms with Gasteiger partial charge in [0.05, 0.1) is 28.4 Å². The van der Waals surface area contributed by atoms with Crippen molar-refractivity contribution in [1.82, 2.24) is 5.43 Å². The Morgan fingerprint density at radius 2 is 1.97 bits per heavy atom. The lowest BCUT2D eigenvalue weighted by molar-refractivity contribution is -0.123. The summed E-state index contributed by atoms with van der Waals surface area (Å²) in [7, 11) is 0. The second-order valence-electron chi connectivity index (χ2n) is 6.64. The van der Waals surface area contributed by atoms with Crippen LogP contribution < -0.4 is 14.9 Å². The minimum atomic E-state index is -0.458. The third-order valence-corrected chi connectivity index (χ3v) is 4.83. The van der Waals surface area contributed by atoms with Crippen LogP contribution in [0.25, 0.3) is 0 Å². The predicted molar refractivity (Wildman–Crippen MR) is 116 cm³/mol. The molecule has 2 aromatic rings. The van der Waals surface area contributed by atoms with E-state index >= 15 is 0 Å². The molecule has 29 heavy (non-hydrogen) atoms. The number of rotatable bonds is 8. The lowest BCUT2D eigenvalue weighted by Crippen LogP contribution is -2.25. The molecule has 0 saturated heterocycles. The summed E-state index contributed by atoms with van der Waals surface area (Å²) in [5.41, 5.74) is 4.55. The second-order valence-corrected chi connectivity index (χ2v) is 7.43. The average molecular weight is 439 g/mol. The number of aromatic hydroxyl groups is 1. The molecular weight excluding hydrogens is 415 g/mol. The number of nitrogens with one attached hydrogen (secondary N) is 1. The van der Waals surface area contributed by atoms with E-state index in [1.54, 1.807) is 6.92 Å². The van der Waals surface area contributed by atoms with Gasteiger partial charge in [-0.15, -0.1) is 0 Å². The smallest absolute Gasteiger partial charge is 0.277 e. The van der Waals surface area contributed by atoms with Crippen molar-refractivity contribution in [3.63, 3.8) is 0 Å². The predicted octanol–water partition coefficient (Wildman–Crippen LogP) is 5.06. The Morgan fingerprint density at radius 1 is 1.24 bits per heavy atom. The van der Waals surface area contributed by atoms with Crippen molar-refractivity contribution in [2.24, 2.45) is 5.10 Å². The Labute approximate surface area is 180 Å². The van der Waals surface area contributed by atoms with E-state index in [0.29, 0.717) is 12.4 Å². The topological polar surface area (TPSA) is 80.2 Å². The van der Waals surface area contributed by atoms with Crippen molar-refractivity contribution in [2.45, 2.75) is 33.6 Å². The summed E-state index contributed by atoms with van der Waals surface area (Å²) in [6.07, 6.45) is 1.20. The Morgan fingerprint density at radius 3 is 2.62 bits per heavy atom. The van der Waals surface area contributed by atoms with Crippen molar-refractivity contribution >= 4 is 35.3 Å². The van der Waals surface area contributed by atoms with Crippen LogP contribution in [0, 0.1) is 6.92 Å². The van der Waals surface area contributed by atoms with E-state index in [9.17, 15) is 9.90 Å². The van der Waals surface area contributed by atoms with Gasteiger partial charge in [-0.3, -0.25) is 4.79 Å². The molecule has 0 saturated carbocycles. The van der Waals surface area contributed by atoms with E-state index in [1.165, 1.54) is 12.3 Å². The van der Waals surface area contributed by atoms with Crippen molar-refractivity contribution in [3.05, 3.63) is 51.0 Å². The minimum Gasteiger partial charge on any atom is -0.504 e. The van der Waals surface area contributed by atoms with Gasteiger partial charge in [0.2, 0.25) is 0 Å². The van der Waals surface area contributed by atoms with Gasteiger partial charge < -0.3 is 14.6 Å². The molecule has 0 aromatic heterocycles. The van der Waals surface area contributed by atoms with Crippen molar-refractivity contribution in [1.29, 1.82) is 0 Å². The number of carbonyl (C=O) groups is 1. The highest BCUT2D eigenvalue weighted by atomic mass is 35.5. The third kappa shape index (κ3) is 6.02. The molecule has 0 heterocycles. The van der Waals surface area contributed by atoms with Gasteiger partial charge in [0, 0.05) is 6.07 Å². The number of hydrogen-bond acceptors (Lipinski definition) is 5. The van der Waals surface area contributed by atoms with Gasteiger partial charge in [-0.25, -0.2) is 5.43 Å². The summed E-state index contributed by atoms with van der Waals surface area (Å²) in [6, 6.07) is 7.31. The Hall–Kier alpha value is -2.44. The van der Waals surface area contributed by atoms with Gasteiger partial charge in [-0.05, 0) is 37.0 Å². The number of ether oxygens (including phenoxy) is 2. The first-order chi connectivity index (χ1) is 13.7. The molecule has 0 unspecified atom stereocenters. The summed E-state index contributed by atoms with van der Waals surface area (Å²) in [5.74, 6) is 0.436. The van der Waals surface area contributed by atoms with E-state index in [-0.39, 0.29) is 39.6 Å². The van der Waals surface area contributed by atoms with Gasteiger partial charge in [-0.1, -0.05) is 49.2 Å². The molecule has 0 aliphatic carbocycles. The number of amides is 1. The molecule has 0 aliphatic rings. The Balaban J connectivity index is 2.05. The normalized spacial score (nSPS) is 11.1. The van der Waals surface area contributed by atoms with Crippen LogP contribution in [-0.2, 0) is 4.79 Å². The van der Waals surface area contributed by atoms with Crippen LogP contribution in [0.4, 0.5) is 0 Å². The molecule has 8 heteroatoms. The van der Waals surface area contributed by atoms with Crippen LogP contribution in [-0.4, -0.2) is 30.4 Å². The van der Waals surface area contributed by atoms with Crippen molar-refractivity contribution < 1.29 is 19.4 Å². The number of benzene rings is 2. The zero-order valence-electron chi connectivity index (χ0n) is 16.8. The van der Waals surface area contributed by atoms with E-state index in [2.05, 4.69) is 24.4 Å². The molecular formula is C21H24Cl2N2O4. The van der Waals surface area contributed by atoms with Crippen LogP contribution in [0.5, 0.6) is 17.2 Å². The fourth-order valence-electron chi connectivity index (χ4n) is 2.58. The average Bonchev–Trinajstić information content (AvgIpc) is 2.67. The van der Waals surface area contributed by atoms with Crippen LogP contribution >= 0.6 is 23.2 Å². The molecule has 6 nitrogen and oxygen atoms in total. The number of nitrogens with zero attached hydrogens (tertiary/aromatic N) is 1. The monoisotopic (exact) mass is 438 g/mol. The molecule has 2 N–H and O–H groups in total. The van der Waals surface area contributed by atoms with Gasteiger partial charge in [0.1, 0.15) is 5.75 Å². The third-order valence-electron chi connectivity index (χ3n) is 4.03. The first-order valence-corrected chi connectivity index (χ1v) is 9.89. The summed E-state index contributed by atoms with van der Waals surface area (Å²) >= 11 is 12.2. The van der Waals surface area contributed by atoms with Crippen molar-refractivity contribution in [3.8, 4) is 17.2 Å². The summed E-state index contributed by atoms with van der Waals surface area (Å²) in [5, 5.41) is 14.4. The zero-order chi connectivity index (χ0) is 21.6. The SMILES string of the molecule is CCOc1cc(Cl)c(Cl)c(/C=N/NC(=O)COc2cc(C)ccc2C(C)C)c1O. The quantitative estimate of drug-likeness (QED) is 0.445. The molecule has 0 atom stereocenters. The molecule has 156 valence electrons. The number of aryl methyl sites for hydroxylation is 1. The number of phenols is 1. The highest BCUT2D eigenvalue weighted by Crippen LogP contribution is 2.39. The van der Waals surface area contributed by atoms with E-state index in [4.69, 9.17) is 32.7 Å². The maximum Gasteiger partial charge on any atom is 0.277 e. The maximum absolute atomic E-state index is 12.1. The second kappa shape index (κ2) is 10.4. The van der Waals surface area contributed by atoms with E-state index in [1.807, 2.05) is 25.1 Å². The molecule has 2 aromatic carbocycles. The molecule has 0 radical (unpaired) electrons. The minimum absolute atomic E-state index is 0.100. The standard InChI is InChI=1S/C21H24Cl2N2O4/c1-5-28-18-9-16(22)20(23)15(21(18)27)10-24-25-19(26)11-29-17-8-13(4)6-7-14(17)12(2)3/h6-10,12,27H,5,11H2,1-4H3,(H,25,26)/b24-10+. The fraction of sp³-hybridized carbons (Fsp3) is 0.333. The first kappa shape index (κ1) is 22.8. The number of hydrazone groups is 1. The molecule has 0 bridgehead atoms. The molecule has 0 aliphatic heterocycles. The fourth-order valence-corrected chi connectivity index (χ4v) is 2.98. The summed E-state index contributed by atoms with van der Waals surface area (Å²) in [6.45, 7) is 7.97. The molecule has 0 spiro atoms. The van der Waals surface area contributed by atoms with Gasteiger partial charge in [0.25, 0.3) is 5.91 Å². The number of halogens is 2. The Bertz CT molecular complexity index is 914. The van der Waals surface area contributed by atoms with Crippen LogP contribution in [0.1, 0.15) is 43.4 Å². The lowest BCUT2D eigenvalue weighted by atomic mass is 10.0. The first-order valence-electron chi connectivity index (χ1n) is 9.13. The Kier molecular flexibility index (Phi) is 8.17. The van der Waals surface area contributed by atoms with Crippen molar-refractivity contribution in [2.75, 3.05) is 13.2 Å². The number of carbonyl (C=O) groups excluding carboxylic acids is 1. The number of phenolic OH excluding ortho intramolecular Hbond substituents is 1. The van der Waals surface area contributed by atoms with Gasteiger partial charge in [-0.2, -0.15) is 5.10 Å². The zero-order valence-corrected chi connectivity index (χ0v) is 18.3. The molecule has 1 amide bonds. The summed E-state index contributed by atoms with van der Waals surface area (Å²) < 4.78 is 11.0. The highest BCUT2D eigenvalue weighted by Gasteiger charge is 2.15. The molecule has 0 fully saturated rings. The largest absolute Gasteiger partial charge is 0.504 e. The highest BCUT2D eigenvalue weighted by molar-refractivity contribution is 6.43. The number of hydrogen-bond donors (Lipinski definition) is 2. The van der Waals surface area contributed by atoms with Crippen LogP contribution in [0.3, 0.4) is 0 Å². The van der Waals surface area contributed by atoms with E-state index in [0.717, 1.165) is 11.1 Å². The maximum atomic E-state index is 12.1. The summed E-state index contributed by atoms with van der Waals surface area (Å²) in [4.78, 5) is 12.1. The van der Waals surface area contributed by atoms with Gasteiger partial charge in [0.15, 0.2) is 18.1 Å². The van der Waals surface area contributed by atoms with Crippen LogP contribution in [0.15, 0.2) is 29.4 Å². The van der Waals surface area contributed by atoms with E-state index < -0.39 is 5.91 Å². The van der Waals surface area contributed by atoms with Gasteiger partial charge >= 0.3 is 0 Å².